The molecule has 2 aromatic carbocycles. The van der Waals surface area contributed by atoms with Gasteiger partial charge in [-0.3, -0.25) is 10.1 Å². The first-order chi connectivity index (χ1) is 10.1. The Morgan fingerprint density at radius 1 is 1.19 bits per heavy atom. The summed E-state index contributed by atoms with van der Waals surface area (Å²) < 4.78 is 5.07. The summed E-state index contributed by atoms with van der Waals surface area (Å²) in [6.45, 7) is 1.07. The number of nitrogens with two attached hydrogens (primary N) is 1. The molecule has 0 aromatic heterocycles. The van der Waals surface area contributed by atoms with E-state index in [1.54, 1.807) is 6.07 Å². The summed E-state index contributed by atoms with van der Waals surface area (Å²) in [5, 5.41) is 14.0. The second-order valence-electron chi connectivity index (χ2n) is 4.55. The number of nitrogens with zero attached hydrogens (tertiary/aromatic N) is 1. The summed E-state index contributed by atoms with van der Waals surface area (Å²) in [6, 6.07) is 12.5. The first-order valence-corrected chi connectivity index (χ1v) is 6.47. The van der Waals surface area contributed by atoms with Gasteiger partial charge in [0.05, 0.1) is 18.1 Å². The van der Waals surface area contributed by atoms with Crippen LogP contribution in [0.4, 0.5) is 11.4 Å². The van der Waals surface area contributed by atoms with Crippen LogP contribution in [0.15, 0.2) is 42.5 Å². The summed E-state index contributed by atoms with van der Waals surface area (Å²) in [6.07, 6.45) is 0. The zero-order valence-electron chi connectivity index (χ0n) is 11.7. The average molecular weight is 287 g/mol. The highest BCUT2D eigenvalue weighted by Crippen LogP contribution is 2.26. The van der Waals surface area contributed by atoms with Gasteiger partial charge in [-0.15, -0.1) is 0 Å². The number of hydrogen-bond acceptors (Lipinski definition) is 5. The molecule has 2 aromatic rings. The Hall–Kier alpha value is -2.60. The van der Waals surface area contributed by atoms with E-state index in [0.717, 1.165) is 11.1 Å². The minimum absolute atomic E-state index is 0.00432. The third-order valence-electron chi connectivity index (χ3n) is 3.09. The monoisotopic (exact) mass is 287 g/mol. The Kier molecular flexibility index (Phi) is 4.73. The number of benzene rings is 2. The van der Waals surface area contributed by atoms with Crippen LogP contribution in [0.1, 0.15) is 11.1 Å². The predicted molar refractivity (Wildman–Crippen MR) is 81.3 cm³/mol. The molecule has 0 heterocycles. The molecule has 2 rings (SSSR count). The molecule has 0 unspecified atom stereocenters. The molecule has 0 amide bonds. The highest BCUT2D eigenvalue weighted by molar-refractivity contribution is 5.56. The highest BCUT2D eigenvalue weighted by Gasteiger charge is 2.10. The molecule has 0 aliphatic heterocycles. The van der Waals surface area contributed by atoms with Crippen molar-refractivity contribution >= 4 is 11.4 Å². The Morgan fingerprint density at radius 3 is 2.43 bits per heavy atom. The van der Waals surface area contributed by atoms with E-state index in [1.165, 1.54) is 19.2 Å². The van der Waals surface area contributed by atoms with Gasteiger partial charge < -0.3 is 15.8 Å². The van der Waals surface area contributed by atoms with Crippen LogP contribution in [0.5, 0.6) is 5.75 Å². The number of hydrogen-bond donors (Lipinski definition) is 2. The molecule has 6 heteroatoms. The number of nitro benzene ring substituents is 1. The summed E-state index contributed by atoms with van der Waals surface area (Å²) in [7, 11) is 1.48. The molecule has 0 spiro atoms. The molecule has 0 fully saturated rings. The molecule has 0 bridgehead atoms. The zero-order valence-corrected chi connectivity index (χ0v) is 11.7. The van der Waals surface area contributed by atoms with Gasteiger partial charge in [0.2, 0.25) is 0 Å². The predicted octanol–water partition coefficient (Wildman–Crippen LogP) is 2.67. The maximum absolute atomic E-state index is 10.9. The van der Waals surface area contributed by atoms with Crippen LogP contribution in [-0.2, 0) is 13.1 Å². The second kappa shape index (κ2) is 6.71. The van der Waals surface area contributed by atoms with E-state index in [9.17, 15) is 10.1 Å². The van der Waals surface area contributed by atoms with Crippen LogP contribution < -0.4 is 15.8 Å². The van der Waals surface area contributed by atoms with Crippen LogP contribution in [0.25, 0.3) is 0 Å². The minimum atomic E-state index is -0.441. The van der Waals surface area contributed by atoms with Crippen molar-refractivity contribution in [1.82, 2.24) is 0 Å². The van der Waals surface area contributed by atoms with E-state index < -0.39 is 4.92 Å². The lowest BCUT2D eigenvalue weighted by Gasteiger charge is -2.09. The summed E-state index contributed by atoms with van der Waals surface area (Å²) in [4.78, 5) is 10.4. The van der Waals surface area contributed by atoms with Crippen LogP contribution >= 0.6 is 0 Å². The quantitative estimate of drug-likeness (QED) is 0.629. The van der Waals surface area contributed by atoms with Crippen LogP contribution in [0, 0.1) is 10.1 Å². The molecule has 0 saturated carbocycles. The molecule has 110 valence electrons. The fraction of sp³-hybridized carbons (Fsp3) is 0.200. The highest BCUT2D eigenvalue weighted by atomic mass is 16.6. The van der Waals surface area contributed by atoms with Gasteiger partial charge in [-0.1, -0.05) is 24.3 Å². The van der Waals surface area contributed by atoms with Crippen molar-refractivity contribution in [2.45, 2.75) is 13.1 Å². The SMILES string of the molecule is COc1cc(NCc2ccc(CN)cc2)cc([N+](=O)[O-])c1. The van der Waals surface area contributed by atoms with Gasteiger partial charge in [-0.25, -0.2) is 0 Å². The number of ether oxygens (including phenoxy) is 1. The molecule has 0 radical (unpaired) electrons. The van der Waals surface area contributed by atoms with Gasteiger partial charge in [0, 0.05) is 30.9 Å². The van der Waals surface area contributed by atoms with Gasteiger partial charge in [0.1, 0.15) is 5.75 Å². The number of rotatable bonds is 6. The number of methoxy groups -OCH3 is 1. The minimum Gasteiger partial charge on any atom is -0.496 e. The van der Waals surface area contributed by atoms with Crippen molar-refractivity contribution in [3.63, 3.8) is 0 Å². The Morgan fingerprint density at radius 2 is 1.86 bits per heavy atom. The topological polar surface area (TPSA) is 90.4 Å². The van der Waals surface area contributed by atoms with E-state index in [0.29, 0.717) is 24.5 Å². The molecule has 6 nitrogen and oxygen atoms in total. The van der Waals surface area contributed by atoms with Crippen LogP contribution in [-0.4, -0.2) is 12.0 Å². The van der Waals surface area contributed by atoms with Gasteiger partial charge in [0.25, 0.3) is 5.69 Å². The summed E-state index contributed by atoms with van der Waals surface area (Å²) >= 11 is 0. The van der Waals surface area contributed by atoms with Gasteiger partial charge in [-0.2, -0.15) is 0 Å². The lowest BCUT2D eigenvalue weighted by molar-refractivity contribution is -0.384. The zero-order chi connectivity index (χ0) is 15.2. The standard InChI is InChI=1S/C15H17N3O3/c1-21-15-7-13(6-14(8-15)18(19)20)17-10-12-4-2-11(9-16)3-5-12/h2-8,17H,9-10,16H2,1H3. The largest absolute Gasteiger partial charge is 0.496 e. The molecule has 21 heavy (non-hydrogen) atoms. The van der Waals surface area contributed by atoms with E-state index in [1.807, 2.05) is 24.3 Å². The number of nitro groups is 1. The fourth-order valence-corrected chi connectivity index (χ4v) is 1.91. The van der Waals surface area contributed by atoms with Crippen molar-refractivity contribution in [1.29, 1.82) is 0 Å². The molecule has 0 aliphatic rings. The van der Waals surface area contributed by atoms with E-state index >= 15 is 0 Å². The molecule has 3 N–H and O–H groups in total. The molecule has 0 saturated heterocycles. The van der Waals surface area contributed by atoms with E-state index in [4.69, 9.17) is 10.5 Å². The van der Waals surface area contributed by atoms with Gasteiger partial charge in [0.15, 0.2) is 0 Å². The van der Waals surface area contributed by atoms with Crippen molar-refractivity contribution < 1.29 is 9.66 Å². The fourth-order valence-electron chi connectivity index (χ4n) is 1.91. The Labute approximate surface area is 122 Å². The first-order valence-electron chi connectivity index (χ1n) is 6.47. The van der Waals surface area contributed by atoms with Crippen molar-refractivity contribution in [3.8, 4) is 5.75 Å². The van der Waals surface area contributed by atoms with Crippen LogP contribution in [0.2, 0.25) is 0 Å². The summed E-state index contributed by atoms with van der Waals surface area (Å²) in [5.41, 5.74) is 8.32. The Bertz CT molecular complexity index is 627. The summed E-state index contributed by atoms with van der Waals surface area (Å²) in [5.74, 6) is 0.449. The van der Waals surface area contributed by atoms with Gasteiger partial charge >= 0.3 is 0 Å². The molecular weight excluding hydrogens is 270 g/mol. The molecule has 0 aliphatic carbocycles. The lowest BCUT2D eigenvalue weighted by Crippen LogP contribution is -2.02. The third-order valence-corrected chi connectivity index (χ3v) is 3.09. The number of non-ortho nitro benzene ring substituents is 1. The van der Waals surface area contributed by atoms with Gasteiger partial charge in [-0.05, 0) is 11.1 Å². The van der Waals surface area contributed by atoms with Crippen molar-refractivity contribution in [3.05, 3.63) is 63.7 Å². The molecule has 0 atom stereocenters. The van der Waals surface area contributed by atoms with Crippen LogP contribution in [0.3, 0.4) is 0 Å². The van der Waals surface area contributed by atoms with Crippen molar-refractivity contribution in [2.24, 2.45) is 5.73 Å². The maximum Gasteiger partial charge on any atom is 0.275 e. The van der Waals surface area contributed by atoms with E-state index in [2.05, 4.69) is 5.32 Å². The number of nitrogens with one attached hydrogen (secondary N) is 1. The lowest BCUT2D eigenvalue weighted by atomic mass is 10.1. The average Bonchev–Trinajstić information content (AvgIpc) is 2.53. The van der Waals surface area contributed by atoms with Crippen molar-refractivity contribution in [2.75, 3.05) is 12.4 Å². The Balaban J connectivity index is 2.11. The third kappa shape index (κ3) is 3.93. The smallest absolute Gasteiger partial charge is 0.275 e. The molecular formula is C15H17N3O3. The first kappa shape index (κ1) is 14.8. The van der Waals surface area contributed by atoms with E-state index in [-0.39, 0.29) is 5.69 Å². The normalized spacial score (nSPS) is 10.2. The maximum atomic E-state index is 10.9. The second-order valence-corrected chi connectivity index (χ2v) is 4.55. The number of anilines is 1.